The molecule has 0 spiro atoms. The van der Waals surface area contributed by atoms with Crippen LogP contribution in [0, 0.1) is 20.8 Å². The van der Waals surface area contributed by atoms with Gasteiger partial charge < -0.3 is 17.0 Å². The SMILES string of the molecule is Cc1cccc(C)c1CC(=O)Cn1c(C)cc[n+]1C(C)C.[Br-]. The molecule has 0 fully saturated rings. The van der Waals surface area contributed by atoms with Crippen LogP contribution in [0.4, 0.5) is 0 Å². The molecule has 120 valence electrons. The second kappa shape index (κ2) is 7.73. The Balaban J connectivity index is 0.00000242. The van der Waals surface area contributed by atoms with E-state index < -0.39 is 0 Å². The summed E-state index contributed by atoms with van der Waals surface area (Å²) < 4.78 is 4.19. The Hall–Kier alpha value is -1.42. The highest BCUT2D eigenvalue weighted by molar-refractivity contribution is 5.81. The highest BCUT2D eigenvalue weighted by atomic mass is 79.9. The van der Waals surface area contributed by atoms with Crippen LogP contribution in [0.1, 0.15) is 42.3 Å². The molecule has 0 saturated carbocycles. The fraction of sp³-hybridized carbons (Fsp3) is 0.444. The third-order valence-corrected chi connectivity index (χ3v) is 4.03. The van der Waals surface area contributed by atoms with Crippen molar-refractivity contribution in [3.05, 3.63) is 52.8 Å². The van der Waals surface area contributed by atoms with Gasteiger partial charge in [0.15, 0.2) is 18.0 Å². The zero-order valence-corrected chi connectivity index (χ0v) is 15.6. The number of carbonyl (C=O) groups excluding carboxylic acids is 1. The average Bonchev–Trinajstić information content (AvgIpc) is 2.76. The largest absolute Gasteiger partial charge is 1.00 e. The Morgan fingerprint density at radius 3 is 2.27 bits per heavy atom. The Bertz CT molecular complexity index is 639. The minimum atomic E-state index is 0. The van der Waals surface area contributed by atoms with Gasteiger partial charge in [0.05, 0.1) is 5.69 Å². The molecule has 0 atom stereocenters. The molecular weight excluding hydrogens is 340 g/mol. The quantitative estimate of drug-likeness (QED) is 0.691. The van der Waals surface area contributed by atoms with Crippen LogP contribution in [0.3, 0.4) is 0 Å². The molecule has 1 heterocycles. The standard InChI is InChI=1S/C18H25N2O.BrH/c1-13(2)19-10-9-16(5)20(19)12-17(21)11-18-14(3)7-6-8-15(18)4;/h6-10,13H,11-12H2,1-5H3;1H/q+1;/p-1. The maximum absolute atomic E-state index is 12.5. The second-order valence-corrected chi connectivity index (χ2v) is 6.07. The zero-order valence-electron chi connectivity index (χ0n) is 14.1. The predicted octanol–water partition coefficient (Wildman–Crippen LogP) is 0.0976. The number of nitrogens with zero attached hydrogens (tertiary/aromatic N) is 2. The van der Waals surface area contributed by atoms with Gasteiger partial charge in [0, 0.05) is 12.5 Å². The average molecular weight is 365 g/mol. The van der Waals surface area contributed by atoms with Crippen LogP contribution in [0.2, 0.25) is 0 Å². The number of Topliss-reactive ketones (excluding diaryl/α,β-unsaturated/α-hetero) is 1. The van der Waals surface area contributed by atoms with E-state index in [0.717, 1.165) is 5.69 Å². The minimum absolute atomic E-state index is 0. The summed E-state index contributed by atoms with van der Waals surface area (Å²) in [4.78, 5) is 12.5. The van der Waals surface area contributed by atoms with Crippen molar-refractivity contribution < 1.29 is 26.5 Å². The van der Waals surface area contributed by atoms with Crippen LogP contribution < -0.4 is 21.7 Å². The molecule has 0 N–H and O–H groups in total. The van der Waals surface area contributed by atoms with E-state index in [1.54, 1.807) is 0 Å². The van der Waals surface area contributed by atoms with Crippen LogP contribution in [-0.2, 0) is 17.8 Å². The van der Waals surface area contributed by atoms with Gasteiger partial charge in [-0.3, -0.25) is 4.79 Å². The van der Waals surface area contributed by atoms with E-state index in [-0.39, 0.29) is 22.8 Å². The lowest BCUT2D eigenvalue weighted by atomic mass is 9.98. The van der Waals surface area contributed by atoms with E-state index in [1.165, 1.54) is 16.7 Å². The maximum Gasteiger partial charge on any atom is 0.196 e. The third kappa shape index (κ3) is 4.07. The Labute approximate surface area is 143 Å². The van der Waals surface area contributed by atoms with Gasteiger partial charge >= 0.3 is 0 Å². The highest BCUT2D eigenvalue weighted by Crippen LogP contribution is 2.14. The number of aromatic nitrogens is 2. The predicted molar refractivity (Wildman–Crippen MR) is 84.4 cm³/mol. The van der Waals surface area contributed by atoms with E-state index in [2.05, 4.69) is 55.3 Å². The molecule has 0 aliphatic carbocycles. The van der Waals surface area contributed by atoms with E-state index in [1.807, 2.05) is 19.2 Å². The normalized spacial score (nSPS) is 10.6. The summed E-state index contributed by atoms with van der Waals surface area (Å²) in [7, 11) is 0. The molecule has 0 radical (unpaired) electrons. The van der Waals surface area contributed by atoms with Crippen molar-refractivity contribution in [2.24, 2.45) is 0 Å². The Morgan fingerprint density at radius 2 is 1.73 bits per heavy atom. The van der Waals surface area contributed by atoms with Gasteiger partial charge in [-0.05, 0) is 51.3 Å². The first-order valence-electron chi connectivity index (χ1n) is 7.54. The van der Waals surface area contributed by atoms with Crippen LogP contribution in [-0.4, -0.2) is 10.5 Å². The number of benzene rings is 1. The van der Waals surface area contributed by atoms with Crippen molar-refractivity contribution in [2.75, 3.05) is 0 Å². The van der Waals surface area contributed by atoms with Crippen molar-refractivity contribution in [3.63, 3.8) is 0 Å². The molecule has 2 rings (SSSR count). The van der Waals surface area contributed by atoms with E-state index >= 15 is 0 Å². The van der Waals surface area contributed by atoms with E-state index in [4.69, 9.17) is 0 Å². The van der Waals surface area contributed by atoms with Crippen LogP contribution in [0.5, 0.6) is 0 Å². The first-order valence-corrected chi connectivity index (χ1v) is 7.54. The molecule has 4 heteroatoms. The van der Waals surface area contributed by atoms with Gasteiger partial charge in [-0.25, -0.2) is 0 Å². The van der Waals surface area contributed by atoms with Crippen molar-refractivity contribution in [1.29, 1.82) is 0 Å². The summed E-state index contributed by atoms with van der Waals surface area (Å²) in [6.45, 7) is 10.9. The number of hydrogen-bond donors (Lipinski definition) is 0. The smallest absolute Gasteiger partial charge is 0.196 e. The lowest BCUT2D eigenvalue weighted by Gasteiger charge is -2.10. The van der Waals surface area contributed by atoms with Crippen LogP contribution in [0.25, 0.3) is 0 Å². The van der Waals surface area contributed by atoms with Crippen molar-refractivity contribution in [3.8, 4) is 0 Å². The highest BCUT2D eigenvalue weighted by Gasteiger charge is 2.19. The second-order valence-electron chi connectivity index (χ2n) is 6.07. The first kappa shape index (κ1) is 18.6. The summed E-state index contributed by atoms with van der Waals surface area (Å²) in [5.41, 5.74) is 4.69. The number of carbonyl (C=O) groups is 1. The molecule has 0 amide bonds. The van der Waals surface area contributed by atoms with Gasteiger partial charge in [0.1, 0.15) is 6.54 Å². The summed E-state index contributed by atoms with van der Waals surface area (Å²) in [6, 6.07) is 8.61. The molecule has 22 heavy (non-hydrogen) atoms. The topological polar surface area (TPSA) is 25.9 Å². The van der Waals surface area contributed by atoms with Gasteiger partial charge in [0.25, 0.3) is 0 Å². The van der Waals surface area contributed by atoms with Gasteiger partial charge in [0.2, 0.25) is 0 Å². The fourth-order valence-electron chi connectivity index (χ4n) is 2.74. The summed E-state index contributed by atoms with van der Waals surface area (Å²) >= 11 is 0. The molecule has 1 aromatic heterocycles. The van der Waals surface area contributed by atoms with Gasteiger partial charge in [-0.15, -0.1) is 4.68 Å². The summed E-state index contributed by atoms with van der Waals surface area (Å²) in [5.74, 6) is 0.251. The molecular formula is C18H25BrN2O. The molecule has 0 saturated heterocycles. The van der Waals surface area contributed by atoms with Gasteiger partial charge in [-0.1, -0.05) is 18.2 Å². The van der Waals surface area contributed by atoms with E-state index in [9.17, 15) is 4.79 Å². The molecule has 0 unspecified atom stereocenters. The molecule has 1 aromatic carbocycles. The minimum Gasteiger partial charge on any atom is -1.00 e. The Kier molecular flexibility index (Phi) is 6.54. The van der Waals surface area contributed by atoms with E-state index in [0.29, 0.717) is 19.0 Å². The van der Waals surface area contributed by atoms with Gasteiger partial charge in [-0.2, -0.15) is 4.68 Å². The maximum atomic E-state index is 12.5. The fourth-order valence-corrected chi connectivity index (χ4v) is 2.74. The van der Waals surface area contributed by atoms with Crippen molar-refractivity contribution in [2.45, 2.75) is 53.6 Å². The number of aryl methyl sites for hydroxylation is 3. The molecule has 0 aliphatic heterocycles. The molecule has 0 aliphatic rings. The van der Waals surface area contributed by atoms with Crippen LogP contribution >= 0.6 is 0 Å². The monoisotopic (exact) mass is 364 g/mol. The molecule has 2 aromatic rings. The lowest BCUT2D eigenvalue weighted by molar-refractivity contribution is -0.791. The Morgan fingerprint density at radius 1 is 1.14 bits per heavy atom. The number of rotatable bonds is 5. The summed E-state index contributed by atoms with van der Waals surface area (Å²) in [5, 5.41) is 0. The molecule has 3 nitrogen and oxygen atoms in total. The number of ketones is 1. The number of halogens is 1. The lowest BCUT2D eigenvalue weighted by Crippen LogP contribution is -3.00. The summed E-state index contributed by atoms with van der Waals surface area (Å²) in [6.07, 6.45) is 2.56. The van der Waals surface area contributed by atoms with Crippen LogP contribution in [0.15, 0.2) is 30.5 Å². The molecule has 0 bridgehead atoms. The zero-order chi connectivity index (χ0) is 15.6. The van der Waals surface area contributed by atoms with Crippen molar-refractivity contribution in [1.82, 2.24) is 4.68 Å². The number of hydrogen-bond acceptors (Lipinski definition) is 1. The van der Waals surface area contributed by atoms with Crippen molar-refractivity contribution >= 4 is 5.78 Å². The third-order valence-electron chi connectivity index (χ3n) is 4.03. The first-order chi connectivity index (χ1) is 9.90.